The van der Waals surface area contributed by atoms with Crippen LogP contribution in [0.25, 0.3) is 10.8 Å². The topological polar surface area (TPSA) is 63.6 Å². The average molecular weight is 598 g/mol. The lowest BCUT2D eigenvalue weighted by Gasteiger charge is -2.10. The Balaban J connectivity index is 0.000000397. The predicted octanol–water partition coefficient (Wildman–Crippen LogP) is 10.4. The molecule has 0 aliphatic carbocycles. The van der Waals surface area contributed by atoms with Crippen LogP contribution in [-0.2, 0) is 11.2 Å². The first-order valence-corrected chi connectivity index (χ1v) is 15.4. The van der Waals surface area contributed by atoms with Crippen LogP contribution < -0.4 is 0 Å². The number of hydrogen-bond donors (Lipinski definition) is 1. The second-order valence-electron chi connectivity index (χ2n) is 10.1. The molecule has 5 heteroatoms. The van der Waals surface area contributed by atoms with Gasteiger partial charge in [-0.2, -0.15) is 0 Å². The third-order valence-electron chi connectivity index (χ3n) is 6.82. The number of hydrogen-bond acceptors (Lipinski definition) is 3. The summed E-state index contributed by atoms with van der Waals surface area (Å²) >= 11 is 3.50. The van der Waals surface area contributed by atoms with E-state index in [-0.39, 0.29) is 11.1 Å². The Morgan fingerprint density at radius 1 is 0.718 bits per heavy atom. The highest BCUT2D eigenvalue weighted by Crippen LogP contribution is 2.22. The van der Waals surface area contributed by atoms with Gasteiger partial charge in [0.1, 0.15) is 0 Å². The molecule has 3 aromatic rings. The second-order valence-corrected chi connectivity index (χ2v) is 10.9. The van der Waals surface area contributed by atoms with Gasteiger partial charge in [0.2, 0.25) is 0 Å². The van der Waals surface area contributed by atoms with Gasteiger partial charge in [-0.3, -0.25) is 0 Å². The number of aryl methyl sites for hydroxylation is 1. The van der Waals surface area contributed by atoms with Crippen LogP contribution in [0.5, 0.6) is 0 Å². The van der Waals surface area contributed by atoms with Gasteiger partial charge in [0.15, 0.2) is 0 Å². The summed E-state index contributed by atoms with van der Waals surface area (Å²) in [6.45, 7) is 4.73. The van der Waals surface area contributed by atoms with Crippen molar-refractivity contribution in [3.05, 3.63) is 81.8 Å². The van der Waals surface area contributed by atoms with Crippen molar-refractivity contribution in [3.8, 4) is 0 Å². The van der Waals surface area contributed by atoms with E-state index in [1.165, 1.54) is 55.7 Å². The molecular weight excluding hydrogens is 552 g/mol. The van der Waals surface area contributed by atoms with Crippen LogP contribution in [0.2, 0.25) is 0 Å². The average Bonchev–Trinajstić information content (AvgIpc) is 2.95. The first-order valence-electron chi connectivity index (χ1n) is 14.6. The Hall–Kier alpha value is -2.66. The van der Waals surface area contributed by atoms with Crippen molar-refractivity contribution in [2.24, 2.45) is 0 Å². The standard InChI is InChI=1S/C24H38O4.C10H7Br/c1-3-5-7-9-11-13-15-20-16-17-21(22(19-20)23(25)26)24(27)28-18-14-12-10-8-6-4-2;11-10-7-3-5-8-4-1-2-6-9(8)10/h16-17,19H,3-15,18H2,1-2H3,(H,25,26);1-7H. The monoisotopic (exact) mass is 596 g/mol. The summed E-state index contributed by atoms with van der Waals surface area (Å²) in [6, 6.07) is 19.6. The van der Waals surface area contributed by atoms with Crippen molar-refractivity contribution >= 4 is 38.6 Å². The highest BCUT2D eigenvalue weighted by Gasteiger charge is 2.18. The largest absolute Gasteiger partial charge is 0.478 e. The van der Waals surface area contributed by atoms with E-state index < -0.39 is 11.9 Å². The predicted molar refractivity (Wildman–Crippen MR) is 166 cm³/mol. The van der Waals surface area contributed by atoms with E-state index in [1.54, 1.807) is 12.1 Å². The summed E-state index contributed by atoms with van der Waals surface area (Å²) in [5, 5.41) is 12.0. The Bertz CT molecular complexity index is 1140. The van der Waals surface area contributed by atoms with Crippen molar-refractivity contribution in [2.75, 3.05) is 6.61 Å². The summed E-state index contributed by atoms with van der Waals surface area (Å²) in [6.07, 6.45) is 14.7. The minimum atomic E-state index is -1.07. The van der Waals surface area contributed by atoms with Gasteiger partial charge in [-0.15, -0.1) is 0 Å². The Morgan fingerprint density at radius 3 is 2.00 bits per heavy atom. The number of rotatable bonds is 16. The number of carbonyl (C=O) groups is 2. The number of halogens is 1. The lowest BCUT2D eigenvalue weighted by Crippen LogP contribution is -2.13. The summed E-state index contributed by atoms with van der Waals surface area (Å²) in [5.74, 6) is -1.60. The fraction of sp³-hybridized carbons (Fsp3) is 0.471. The molecule has 0 unspecified atom stereocenters. The smallest absolute Gasteiger partial charge is 0.339 e. The molecule has 0 radical (unpaired) electrons. The van der Waals surface area contributed by atoms with E-state index in [1.807, 2.05) is 18.2 Å². The van der Waals surface area contributed by atoms with Gasteiger partial charge in [0, 0.05) is 4.47 Å². The Morgan fingerprint density at radius 2 is 1.33 bits per heavy atom. The summed E-state index contributed by atoms with van der Waals surface area (Å²) in [7, 11) is 0. The normalized spacial score (nSPS) is 10.6. The molecule has 3 rings (SSSR count). The van der Waals surface area contributed by atoms with Gasteiger partial charge < -0.3 is 9.84 Å². The molecule has 0 amide bonds. The van der Waals surface area contributed by atoms with Crippen molar-refractivity contribution in [1.82, 2.24) is 0 Å². The van der Waals surface area contributed by atoms with Crippen LogP contribution in [0.1, 0.15) is 117 Å². The van der Waals surface area contributed by atoms with E-state index in [0.717, 1.165) is 48.6 Å². The molecule has 0 heterocycles. The minimum absolute atomic E-state index is 0.0522. The molecule has 39 heavy (non-hydrogen) atoms. The molecule has 0 aliphatic heterocycles. The molecule has 0 atom stereocenters. The number of unbranched alkanes of at least 4 members (excludes halogenated alkanes) is 10. The highest BCUT2D eigenvalue weighted by atomic mass is 79.9. The van der Waals surface area contributed by atoms with Gasteiger partial charge >= 0.3 is 11.9 Å². The number of esters is 1. The van der Waals surface area contributed by atoms with E-state index in [0.29, 0.717) is 6.61 Å². The molecular formula is C34H45BrO4. The van der Waals surface area contributed by atoms with E-state index in [9.17, 15) is 14.7 Å². The van der Waals surface area contributed by atoms with Crippen LogP contribution >= 0.6 is 15.9 Å². The summed E-state index contributed by atoms with van der Waals surface area (Å²) in [5.41, 5.74) is 1.18. The number of fused-ring (bicyclic) bond motifs is 1. The lowest BCUT2D eigenvalue weighted by molar-refractivity contribution is 0.0487. The molecule has 0 bridgehead atoms. The molecule has 0 spiro atoms. The molecule has 0 aromatic heterocycles. The maximum atomic E-state index is 12.3. The molecule has 4 nitrogen and oxygen atoms in total. The summed E-state index contributed by atoms with van der Waals surface area (Å²) in [4.78, 5) is 23.9. The highest BCUT2D eigenvalue weighted by molar-refractivity contribution is 9.10. The Labute approximate surface area is 243 Å². The third-order valence-corrected chi connectivity index (χ3v) is 7.51. The van der Waals surface area contributed by atoms with Crippen molar-refractivity contribution in [1.29, 1.82) is 0 Å². The van der Waals surface area contributed by atoms with Crippen molar-refractivity contribution < 1.29 is 19.4 Å². The van der Waals surface area contributed by atoms with Crippen LogP contribution in [-0.4, -0.2) is 23.7 Å². The number of aromatic carboxylic acids is 1. The van der Waals surface area contributed by atoms with Gasteiger partial charge in [-0.1, -0.05) is 136 Å². The van der Waals surface area contributed by atoms with Gasteiger partial charge in [0.25, 0.3) is 0 Å². The molecule has 0 saturated heterocycles. The second kappa shape index (κ2) is 19.4. The zero-order valence-electron chi connectivity index (χ0n) is 23.7. The van der Waals surface area contributed by atoms with E-state index in [4.69, 9.17) is 4.74 Å². The number of carboxylic acids is 1. The fourth-order valence-corrected chi connectivity index (χ4v) is 5.04. The van der Waals surface area contributed by atoms with Crippen LogP contribution in [0.3, 0.4) is 0 Å². The molecule has 0 fully saturated rings. The molecule has 1 N–H and O–H groups in total. The third kappa shape index (κ3) is 12.4. The fourth-order valence-electron chi connectivity index (χ4n) is 4.52. The molecule has 0 saturated carbocycles. The van der Waals surface area contributed by atoms with Gasteiger partial charge in [-0.05, 0) is 53.8 Å². The minimum Gasteiger partial charge on any atom is -0.478 e. The first kappa shape index (κ1) is 32.6. The molecule has 0 aliphatic rings. The van der Waals surface area contributed by atoms with E-state index in [2.05, 4.69) is 60.1 Å². The van der Waals surface area contributed by atoms with E-state index >= 15 is 0 Å². The maximum Gasteiger partial charge on any atom is 0.339 e. The van der Waals surface area contributed by atoms with Crippen molar-refractivity contribution in [2.45, 2.75) is 97.3 Å². The van der Waals surface area contributed by atoms with Crippen LogP contribution in [0, 0.1) is 0 Å². The number of carbonyl (C=O) groups excluding carboxylic acids is 1. The molecule has 3 aromatic carbocycles. The van der Waals surface area contributed by atoms with Gasteiger partial charge in [0.05, 0.1) is 17.7 Å². The number of ether oxygens (including phenoxy) is 1. The van der Waals surface area contributed by atoms with Crippen LogP contribution in [0.4, 0.5) is 0 Å². The lowest BCUT2D eigenvalue weighted by atomic mass is 9.99. The zero-order valence-corrected chi connectivity index (χ0v) is 25.3. The quantitative estimate of drug-likeness (QED) is 0.132. The van der Waals surface area contributed by atoms with Crippen molar-refractivity contribution in [3.63, 3.8) is 0 Å². The molecule has 212 valence electrons. The maximum absolute atomic E-state index is 12.3. The zero-order chi connectivity index (χ0) is 28.3. The van der Waals surface area contributed by atoms with Crippen LogP contribution in [0.15, 0.2) is 65.1 Å². The first-order chi connectivity index (χ1) is 19.0. The summed E-state index contributed by atoms with van der Waals surface area (Å²) < 4.78 is 6.46. The number of benzene rings is 3. The van der Waals surface area contributed by atoms with Gasteiger partial charge in [-0.25, -0.2) is 9.59 Å². The number of carboxylic acid groups (broad SMARTS) is 1. The Kier molecular flexibility index (Phi) is 16.2. The SMILES string of the molecule is Brc1cccc2ccccc12.CCCCCCCCOC(=O)c1ccc(CCCCCCCC)cc1C(=O)O.